The Labute approximate surface area is 231 Å². The highest BCUT2D eigenvalue weighted by atomic mass is 19.1. The average Bonchev–Trinajstić information content (AvgIpc) is 3.35. The molecule has 0 spiro atoms. The molecule has 2 heterocycles. The number of rotatable bonds is 11. The van der Waals surface area contributed by atoms with Gasteiger partial charge in [0.1, 0.15) is 24.8 Å². The van der Waals surface area contributed by atoms with Gasteiger partial charge in [0.05, 0.1) is 28.4 Å². The summed E-state index contributed by atoms with van der Waals surface area (Å²) in [6, 6.07) is 16.4. The van der Waals surface area contributed by atoms with E-state index in [9.17, 15) is 18.4 Å². The van der Waals surface area contributed by atoms with Crippen LogP contribution in [0.25, 0.3) is 5.52 Å². The molecule has 0 fully saturated rings. The fourth-order valence-electron chi connectivity index (χ4n) is 4.40. The van der Waals surface area contributed by atoms with Crippen molar-refractivity contribution in [3.63, 3.8) is 0 Å². The van der Waals surface area contributed by atoms with Gasteiger partial charge in [0.25, 0.3) is 5.91 Å². The van der Waals surface area contributed by atoms with Crippen LogP contribution in [0.2, 0.25) is 0 Å². The molecule has 0 saturated carbocycles. The van der Waals surface area contributed by atoms with Gasteiger partial charge in [-0.05, 0) is 49.6 Å². The molecule has 10 heteroatoms. The number of aryl methyl sites for hydroxylation is 1. The minimum atomic E-state index is -0.755. The molecule has 210 valence electrons. The molecular weight excluding hydrogens is 518 g/mol. The van der Waals surface area contributed by atoms with Gasteiger partial charge in [0.15, 0.2) is 0 Å². The van der Waals surface area contributed by atoms with Crippen LogP contribution in [0.4, 0.5) is 13.6 Å². The number of amides is 2. The maximum absolute atomic E-state index is 14.1. The van der Waals surface area contributed by atoms with E-state index in [4.69, 9.17) is 9.47 Å². The molecule has 0 aliphatic rings. The SMILES string of the molecule is CCCC(C)(CNC(=O)c1cnn2c(OCc3c(F)cccc3F)cc(C)cc12)NC(=O)OCc1ccccc1. The molecule has 0 aliphatic carbocycles. The molecule has 4 rings (SSSR count). The zero-order valence-electron chi connectivity index (χ0n) is 22.7. The van der Waals surface area contributed by atoms with Crippen LogP contribution in [0.3, 0.4) is 0 Å². The van der Waals surface area contributed by atoms with E-state index in [1.54, 1.807) is 12.1 Å². The number of alkyl carbamates (subject to hydrolysis) is 1. The first-order valence-electron chi connectivity index (χ1n) is 13.0. The number of halogens is 2. The van der Waals surface area contributed by atoms with Gasteiger partial charge >= 0.3 is 6.09 Å². The summed E-state index contributed by atoms with van der Waals surface area (Å²) >= 11 is 0. The Balaban J connectivity index is 1.44. The van der Waals surface area contributed by atoms with Crippen LogP contribution in [-0.4, -0.2) is 33.7 Å². The van der Waals surface area contributed by atoms with E-state index < -0.39 is 29.2 Å². The highest BCUT2D eigenvalue weighted by Gasteiger charge is 2.28. The third-order valence-corrected chi connectivity index (χ3v) is 6.46. The zero-order valence-corrected chi connectivity index (χ0v) is 22.7. The van der Waals surface area contributed by atoms with Crippen molar-refractivity contribution in [2.75, 3.05) is 6.54 Å². The maximum atomic E-state index is 14.1. The van der Waals surface area contributed by atoms with E-state index in [0.29, 0.717) is 11.9 Å². The van der Waals surface area contributed by atoms with Gasteiger partial charge in [-0.1, -0.05) is 49.7 Å². The smallest absolute Gasteiger partial charge is 0.407 e. The predicted octanol–water partition coefficient (Wildman–Crippen LogP) is 5.71. The molecule has 8 nitrogen and oxygen atoms in total. The monoisotopic (exact) mass is 550 g/mol. The lowest BCUT2D eigenvalue weighted by atomic mass is 9.96. The average molecular weight is 551 g/mol. The van der Waals surface area contributed by atoms with Gasteiger partial charge in [-0.3, -0.25) is 4.79 Å². The third kappa shape index (κ3) is 6.93. The Hall–Kier alpha value is -4.47. The van der Waals surface area contributed by atoms with E-state index >= 15 is 0 Å². The number of hydrogen-bond acceptors (Lipinski definition) is 5. The standard InChI is InChI=1S/C30H32F2N4O4/c1-4-13-30(3,35-29(38)40-17-21-9-6-5-7-10-21)19-33-28(37)22-16-34-36-26(22)14-20(2)15-27(36)39-18-23-24(31)11-8-12-25(23)32/h5-12,14-16H,4,13,17-19H2,1-3H3,(H,33,37)(H,35,38). The lowest BCUT2D eigenvalue weighted by molar-refractivity contribution is 0.0929. The fraction of sp³-hybridized carbons (Fsp3) is 0.300. The van der Waals surface area contributed by atoms with Gasteiger partial charge < -0.3 is 20.1 Å². The van der Waals surface area contributed by atoms with Gasteiger partial charge in [-0.2, -0.15) is 5.10 Å². The predicted molar refractivity (Wildman–Crippen MR) is 146 cm³/mol. The molecule has 0 bridgehead atoms. The number of pyridine rings is 1. The molecular formula is C30H32F2N4O4. The summed E-state index contributed by atoms with van der Waals surface area (Å²) in [5.74, 6) is -1.59. The number of fused-ring (bicyclic) bond motifs is 1. The van der Waals surface area contributed by atoms with Crippen molar-refractivity contribution in [2.24, 2.45) is 0 Å². The van der Waals surface area contributed by atoms with Crippen molar-refractivity contribution in [3.8, 4) is 5.88 Å². The minimum Gasteiger partial charge on any atom is -0.473 e. The van der Waals surface area contributed by atoms with Crippen LogP contribution in [0.15, 0.2) is 66.9 Å². The minimum absolute atomic E-state index is 0.136. The summed E-state index contributed by atoms with van der Waals surface area (Å²) in [6.07, 6.45) is 2.20. The Morgan fingerprint density at radius 2 is 1.75 bits per heavy atom. The number of hydrogen-bond donors (Lipinski definition) is 2. The van der Waals surface area contributed by atoms with Crippen LogP contribution >= 0.6 is 0 Å². The molecule has 0 aliphatic heterocycles. The van der Waals surface area contributed by atoms with Gasteiger partial charge in [0.2, 0.25) is 5.88 Å². The number of ether oxygens (including phenoxy) is 2. The maximum Gasteiger partial charge on any atom is 0.407 e. The molecule has 1 atom stereocenters. The first-order valence-corrected chi connectivity index (χ1v) is 13.0. The van der Waals surface area contributed by atoms with Crippen LogP contribution in [0.5, 0.6) is 5.88 Å². The first kappa shape index (κ1) is 28.5. The Morgan fingerprint density at radius 1 is 1.02 bits per heavy atom. The summed E-state index contributed by atoms with van der Waals surface area (Å²) < 4.78 is 40.6. The van der Waals surface area contributed by atoms with Crippen molar-refractivity contribution in [1.29, 1.82) is 0 Å². The number of aromatic nitrogens is 2. The second kappa shape index (κ2) is 12.6. The van der Waals surface area contributed by atoms with Gasteiger partial charge in [-0.25, -0.2) is 18.1 Å². The molecule has 2 aromatic carbocycles. The first-order chi connectivity index (χ1) is 19.2. The van der Waals surface area contributed by atoms with Crippen LogP contribution < -0.4 is 15.4 Å². The molecule has 4 aromatic rings. The third-order valence-electron chi connectivity index (χ3n) is 6.46. The quantitative estimate of drug-likeness (QED) is 0.249. The van der Waals surface area contributed by atoms with E-state index in [1.165, 1.54) is 16.8 Å². The topological polar surface area (TPSA) is 94.0 Å². The summed E-state index contributed by atoms with van der Waals surface area (Å²) in [7, 11) is 0. The molecule has 2 aromatic heterocycles. The number of carbonyl (C=O) groups is 2. The molecule has 2 amide bonds. The highest BCUT2D eigenvalue weighted by molar-refractivity contribution is 6.00. The molecule has 1 unspecified atom stereocenters. The second-order valence-electron chi connectivity index (χ2n) is 9.90. The molecule has 0 radical (unpaired) electrons. The summed E-state index contributed by atoms with van der Waals surface area (Å²) in [5, 5.41) is 10.0. The van der Waals surface area contributed by atoms with E-state index in [1.807, 2.05) is 51.1 Å². The van der Waals surface area contributed by atoms with Crippen molar-refractivity contribution < 1.29 is 27.8 Å². The summed E-state index contributed by atoms with van der Waals surface area (Å²) in [6.45, 7) is 5.58. The second-order valence-corrected chi connectivity index (χ2v) is 9.90. The largest absolute Gasteiger partial charge is 0.473 e. The number of carbonyl (C=O) groups excluding carboxylic acids is 2. The summed E-state index contributed by atoms with van der Waals surface area (Å²) in [5.41, 5.74) is 1.44. The van der Waals surface area contributed by atoms with E-state index in [-0.39, 0.29) is 36.8 Å². The number of nitrogens with zero attached hydrogens (tertiary/aromatic N) is 2. The van der Waals surface area contributed by atoms with Crippen LogP contribution in [0.1, 0.15) is 53.7 Å². The van der Waals surface area contributed by atoms with Crippen molar-refractivity contribution in [3.05, 3.63) is 101 Å². The lowest BCUT2D eigenvalue weighted by Crippen LogP contribution is -2.53. The Kier molecular flexibility index (Phi) is 8.98. The van der Waals surface area contributed by atoms with Gasteiger partial charge in [-0.15, -0.1) is 0 Å². The molecule has 40 heavy (non-hydrogen) atoms. The van der Waals surface area contributed by atoms with E-state index in [0.717, 1.165) is 29.7 Å². The normalized spacial score (nSPS) is 12.5. The summed E-state index contributed by atoms with van der Waals surface area (Å²) in [4.78, 5) is 25.7. The number of nitrogens with one attached hydrogen (secondary N) is 2. The van der Waals surface area contributed by atoms with E-state index in [2.05, 4.69) is 15.7 Å². The molecule has 0 saturated heterocycles. The van der Waals surface area contributed by atoms with Crippen LogP contribution in [-0.2, 0) is 18.0 Å². The fourth-order valence-corrected chi connectivity index (χ4v) is 4.40. The zero-order chi connectivity index (χ0) is 28.7. The Bertz CT molecular complexity index is 1470. The Morgan fingerprint density at radius 3 is 2.45 bits per heavy atom. The van der Waals surface area contributed by atoms with Crippen molar-refractivity contribution in [2.45, 2.75) is 52.4 Å². The van der Waals surface area contributed by atoms with Gasteiger partial charge in [0, 0.05) is 12.6 Å². The molecule has 2 N–H and O–H groups in total. The highest BCUT2D eigenvalue weighted by Crippen LogP contribution is 2.23. The van der Waals surface area contributed by atoms with Crippen molar-refractivity contribution in [1.82, 2.24) is 20.2 Å². The van der Waals surface area contributed by atoms with Crippen molar-refractivity contribution >= 4 is 17.5 Å². The van der Waals surface area contributed by atoms with Crippen LogP contribution in [0, 0.1) is 18.6 Å². The lowest BCUT2D eigenvalue weighted by Gasteiger charge is -2.30. The number of benzene rings is 2.